The second kappa shape index (κ2) is 7.28. The number of aromatic nitrogens is 1. The van der Waals surface area contributed by atoms with Crippen molar-refractivity contribution in [1.82, 2.24) is 4.57 Å². The standard InChI is InChI=1S/C22H24N2O4/c23-21(26)15-9-5-11-17-19(15)18-14(20(25)22(27)28)8-4-10-16(18)24(17)12-13-6-2-1-3-7-13/h4-5,8-11,13,20,25H,1-3,6-7,12H2,(H2,23,26)(H,27,28). The van der Waals surface area contributed by atoms with E-state index in [1.165, 1.54) is 19.3 Å². The summed E-state index contributed by atoms with van der Waals surface area (Å²) in [6, 6.07) is 10.7. The van der Waals surface area contributed by atoms with Crippen molar-refractivity contribution in [2.75, 3.05) is 0 Å². The van der Waals surface area contributed by atoms with Crippen molar-refractivity contribution in [2.45, 2.75) is 44.8 Å². The van der Waals surface area contributed by atoms with E-state index in [0.717, 1.165) is 30.4 Å². The highest BCUT2D eigenvalue weighted by Crippen LogP contribution is 2.38. The summed E-state index contributed by atoms with van der Waals surface area (Å²) in [6.45, 7) is 0.800. The molecule has 1 amide bonds. The number of benzene rings is 2. The Hall–Kier alpha value is -2.86. The second-order valence-electron chi connectivity index (χ2n) is 7.66. The van der Waals surface area contributed by atoms with Crippen molar-refractivity contribution >= 4 is 33.7 Å². The molecule has 1 aromatic heterocycles. The molecule has 1 unspecified atom stereocenters. The third-order valence-corrected chi connectivity index (χ3v) is 5.91. The van der Waals surface area contributed by atoms with Crippen molar-refractivity contribution in [3.05, 3.63) is 47.5 Å². The molecule has 0 bridgehead atoms. The summed E-state index contributed by atoms with van der Waals surface area (Å²) in [5.41, 5.74) is 7.92. The number of primary amides is 1. The number of amides is 1. The molecule has 4 rings (SSSR count). The Kier molecular flexibility index (Phi) is 4.81. The molecule has 1 aliphatic carbocycles. The van der Waals surface area contributed by atoms with Gasteiger partial charge in [0.1, 0.15) is 0 Å². The first-order valence-corrected chi connectivity index (χ1v) is 9.73. The molecule has 4 N–H and O–H groups in total. The number of rotatable bonds is 5. The lowest BCUT2D eigenvalue weighted by Crippen LogP contribution is -2.14. The third kappa shape index (κ3) is 3.03. The maximum Gasteiger partial charge on any atom is 0.337 e. The number of aliphatic carboxylic acids is 1. The second-order valence-corrected chi connectivity index (χ2v) is 7.66. The van der Waals surface area contributed by atoms with E-state index in [-0.39, 0.29) is 5.56 Å². The fourth-order valence-electron chi connectivity index (χ4n) is 4.60. The molecule has 0 saturated heterocycles. The van der Waals surface area contributed by atoms with Gasteiger partial charge in [0, 0.05) is 39.5 Å². The highest BCUT2D eigenvalue weighted by Gasteiger charge is 2.25. The summed E-state index contributed by atoms with van der Waals surface area (Å²) in [7, 11) is 0. The summed E-state index contributed by atoms with van der Waals surface area (Å²) in [5, 5.41) is 20.9. The molecule has 0 spiro atoms. The van der Waals surface area contributed by atoms with Crippen LogP contribution in [0.2, 0.25) is 0 Å². The predicted octanol–water partition coefficient (Wildman–Crippen LogP) is 3.59. The number of carbonyl (C=O) groups excluding carboxylic acids is 1. The number of hydrogen-bond acceptors (Lipinski definition) is 3. The molecule has 1 saturated carbocycles. The maximum absolute atomic E-state index is 12.1. The van der Waals surface area contributed by atoms with Crippen LogP contribution in [0.4, 0.5) is 0 Å². The molecule has 1 aliphatic rings. The molecule has 1 fully saturated rings. The van der Waals surface area contributed by atoms with Gasteiger partial charge in [-0.25, -0.2) is 4.79 Å². The smallest absolute Gasteiger partial charge is 0.337 e. The van der Waals surface area contributed by atoms with E-state index in [0.29, 0.717) is 22.3 Å². The molecule has 1 atom stereocenters. The Morgan fingerprint density at radius 3 is 2.32 bits per heavy atom. The Morgan fingerprint density at radius 1 is 1.04 bits per heavy atom. The Morgan fingerprint density at radius 2 is 1.68 bits per heavy atom. The first kappa shape index (κ1) is 18.5. The highest BCUT2D eigenvalue weighted by atomic mass is 16.4. The van der Waals surface area contributed by atoms with Gasteiger partial charge in [-0.05, 0) is 37.0 Å². The van der Waals surface area contributed by atoms with Gasteiger partial charge >= 0.3 is 5.97 Å². The largest absolute Gasteiger partial charge is 0.479 e. The van der Waals surface area contributed by atoms with Crippen molar-refractivity contribution < 1.29 is 19.8 Å². The Labute approximate surface area is 162 Å². The average Bonchev–Trinajstić information content (AvgIpc) is 3.02. The van der Waals surface area contributed by atoms with E-state index in [1.807, 2.05) is 12.1 Å². The number of aliphatic hydroxyl groups is 1. The van der Waals surface area contributed by atoms with Gasteiger partial charge in [0.05, 0.1) is 0 Å². The summed E-state index contributed by atoms with van der Waals surface area (Å²) in [4.78, 5) is 23.6. The average molecular weight is 380 g/mol. The van der Waals surface area contributed by atoms with Gasteiger partial charge in [0.25, 0.3) is 0 Å². The molecule has 6 nitrogen and oxygen atoms in total. The van der Waals surface area contributed by atoms with Crippen LogP contribution in [-0.4, -0.2) is 26.7 Å². The third-order valence-electron chi connectivity index (χ3n) is 5.91. The van der Waals surface area contributed by atoms with Crippen LogP contribution in [0.25, 0.3) is 21.8 Å². The minimum atomic E-state index is -1.67. The van der Waals surface area contributed by atoms with E-state index in [2.05, 4.69) is 4.57 Å². The number of fused-ring (bicyclic) bond motifs is 3. The van der Waals surface area contributed by atoms with Gasteiger partial charge in [-0.1, -0.05) is 37.5 Å². The highest BCUT2D eigenvalue weighted by molar-refractivity contribution is 6.19. The number of hydrogen-bond donors (Lipinski definition) is 3. The minimum absolute atomic E-state index is 0.283. The van der Waals surface area contributed by atoms with Crippen molar-refractivity contribution in [2.24, 2.45) is 11.7 Å². The normalized spacial score (nSPS) is 16.5. The van der Waals surface area contributed by atoms with Gasteiger partial charge in [-0.15, -0.1) is 0 Å². The lowest BCUT2D eigenvalue weighted by molar-refractivity contribution is -0.146. The van der Waals surface area contributed by atoms with Crippen LogP contribution >= 0.6 is 0 Å². The van der Waals surface area contributed by atoms with E-state index in [4.69, 9.17) is 5.73 Å². The molecule has 146 valence electrons. The fraction of sp³-hybridized carbons (Fsp3) is 0.364. The van der Waals surface area contributed by atoms with Gasteiger partial charge in [0.2, 0.25) is 5.91 Å². The van der Waals surface area contributed by atoms with Crippen LogP contribution in [-0.2, 0) is 11.3 Å². The van der Waals surface area contributed by atoms with Crippen molar-refractivity contribution in [1.29, 1.82) is 0 Å². The molecular formula is C22H24N2O4. The van der Waals surface area contributed by atoms with E-state index in [9.17, 15) is 19.8 Å². The van der Waals surface area contributed by atoms with Gasteiger partial charge in [-0.2, -0.15) is 0 Å². The van der Waals surface area contributed by atoms with Crippen molar-refractivity contribution in [3.63, 3.8) is 0 Å². The number of aliphatic hydroxyl groups excluding tert-OH is 1. The summed E-state index contributed by atoms with van der Waals surface area (Å²) < 4.78 is 2.16. The van der Waals surface area contributed by atoms with Crippen LogP contribution in [0.1, 0.15) is 54.1 Å². The zero-order valence-corrected chi connectivity index (χ0v) is 15.6. The number of carbonyl (C=O) groups is 2. The van der Waals surface area contributed by atoms with E-state index < -0.39 is 18.0 Å². The molecule has 6 heteroatoms. The summed E-state index contributed by atoms with van der Waals surface area (Å²) in [6.07, 6.45) is 4.36. The number of carboxylic acid groups (broad SMARTS) is 1. The number of carboxylic acids is 1. The van der Waals surface area contributed by atoms with Crippen molar-refractivity contribution in [3.8, 4) is 0 Å². The Balaban J connectivity index is 2.03. The van der Waals surface area contributed by atoms with Crippen LogP contribution in [0.3, 0.4) is 0 Å². The molecule has 0 radical (unpaired) electrons. The first-order chi connectivity index (χ1) is 13.5. The lowest BCUT2D eigenvalue weighted by atomic mass is 9.89. The summed E-state index contributed by atoms with van der Waals surface area (Å²) in [5.74, 6) is -1.35. The predicted molar refractivity (Wildman–Crippen MR) is 107 cm³/mol. The summed E-state index contributed by atoms with van der Waals surface area (Å²) >= 11 is 0. The fourth-order valence-corrected chi connectivity index (χ4v) is 4.60. The molecule has 1 heterocycles. The minimum Gasteiger partial charge on any atom is -0.479 e. The molecule has 0 aliphatic heterocycles. The number of nitrogens with two attached hydrogens (primary N) is 1. The topological polar surface area (TPSA) is 106 Å². The molecule has 3 aromatic rings. The zero-order valence-electron chi connectivity index (χ0n) is 15.6. The quantitative estimate of drug-likeness (QED) is 0.629. The Bertz CT molecular complexity index is 1060. The monoisotopic (exact) mass is 380 g/mol. The van der Waals surface area contributed by atoms with E-state index in [1.54, 1.807) is 24.3 Å². The van der Waals surface area contributed by atoms with Crippen LogP contribution in [0.5, 0.6) is 0 Å². The van der Waals surface area contributed by atoms with Gasteiger partial charge in [-0.3, -0.25) is 4.79 Å². The van der Waals surface area contributed by atoms with Gasteiger partial charge < -0.3 is 20.5 Å². The number of nitrogens with zero attached hydrogens (tertiary/aromatic N) is 1. The van der Waals surface area contributed by atoms with Crippen LogP contribution in [0, 0.1) is 5.92 Å². The SMILES string of the molecule is NC(=O)c1cccc2c1c1c(C(O)C(=O)O)cccc1n2CC1CCCCC1. The first-order valence-electron chi connectivity index (χ1n) is 9.73. The maximum atomic E-state index is 12.1. The van der Waals surface area contributed by atoms with Crippen LogP contribution < -0.4 is 5.73 Å². The van der Waals surface area contributed by atoms with Gasteiger partial charge in [0.15, 0.2) is 6.10 Å². The lowest BCUT2D eigenvalue weighted by Gasteiger charge is -2.23. The molecular weight excluding hydrogens is 356 g/mol. The molecule has 2 aromatic carbocycles. The van der Waals surface area contributed by atoms with Crippen LogP contribution in [0.15, 0.2) is 36.4 Å². The van der Waals surface area contributed by atoms with E-state index >= 15 is 0 Å². The molecule has 28 heavy (non-hydrogen) atoms. The zero-order chi connectivity index (χ0) is 19.8.